The van der Waals surface area contributed by atoms with Crippen molar-refractivity contribution >= 4 is 23.1 Å². The standard InChI is InChI=1S/C23H23N3O5/c27-21(17-6-2-1-3-7-17)19-20(16-8-10-18(11-9-16)26(30)31)25(23(29)22(19)28)15-14-24-12-4-5-13-24/h1-3,6-11,20,27H,4-5,12-15H2/b21-19+. The van der Waals surface area contributed by atoms with Gasteiger partial charge < -0.3 is 14.9 Å². The maximum Gasteiger partial charge on any atom is 0.295 e. The molecule has 0 aromatic heterocycles. The van der Waals surface area contributed by atoms with Crippen LogP contribution in [0.25, 0.3) is 5.76 Å². The number of benzene rings is 2. The first-order valence-corrected chi connectivity index (χ1v) is 10.3. The number of hydrogen-bond donors (Lipinski definition) is 1. The normalized spacial score (nSPS) is 21.0. The molecule has 0 aliphatic carbocycles. The number of nitrogens with zero attached hydrogens (tertiary/aromatic N) is 3. The zero-order valence-electron chi connectivity index (χ0n) is 16.9. The number of nitro benzene ring substituents is 1. The highest BCUT2D eigenvalue weighted by Crippen LogP contribution is 2.39. The van der Waals surface area contributed by atoms with E-state index in [4.69, 9.17) is 0 Å². The first kappa shape index (κ1) is 20.7. The summed E-state index contributed by atoms with van der Waals surface area (Å²) < 4.78 is 0. The lowest BCUT2D eigenvalue weighted by Gasteiger charge is -2.27. The molecule has 0 saturated carbocycles. The van der Waals surface area contributed by atoms with Gasteiger partial charge in [0.25, 0.3) is 17.4 Å². The monoisotopic (exact) mass is 421 g/mol. The first-order chi connectivity index (χ1) is 15.0. The predicted octanol–water partition coefficient (Wildman–Crippen LogP) is 3.11. The van der Waals surface area contributed by atoms with E-state index >= 15 is 0 Å². The molecule has 2 aliphatic rings. The van der Waals surface area contributed by atoms with Crippen LogP contribution in [-0.2, 0) is 9.59 Å². The summed E-state index contributed by atoms with van der Waals surface area (Å²) in [6.45, 7) is 2.87. The zero-order valence-corrected chi connectivity index (χ0v) is 16.9. The lowest BCUT2D eigenvalue weighted by Crippen LogP contribution is -2.37. The average Bonchev–Trinajstić information content (AvgIpc) is 3.39. The molecule has 1 atom stereocenters. The van der Waals surface area contributed by atoms with Gasteiger partial charge in [-0.3, -0.25) is 19.7 Å². The van der Waals surface area contributed by atoms with E-state index in [-0.39, 0.29) is 17.0 Å². The molecular formula is C23H23N3O5. The molecule has 1 N–H and O–H groups in total. The zero-order chi connectivity index (χ0) is 22.0. The number of non-ortho nitro benzene ring substituents is 1. The molecule has 1 unspecified atom stereocenters. The quantitative estimate of drug-likeness (QED) is 0.253. The van der Waals surface area contributed by atoms with E-state index in [1.165, 1.54) is 29.2 Å². The maximum atomic E-state index is 13.0. The summed E-state index contributed by atoms with van der Waals surface area (Å²) >= 11 is 0. The van der Waals surface area contributed by atoms with E-state index in [1.54, 1.807) is 30.3 Å². The molecule has 2 aromatic carbocycles. The number of rotatable bonds is 6. The summed E-state index contributed by atoms with van der Waals surface area (Å²) in [6.07, 6.45) is 2.22. The molecule has 2 heterocycles. The van der Waals surface area contributed by atoms with Crippen LogP contribution in [0.2, 0.25) is 0 Å². The Morgan fingerprint density at radius 3 is 2.26 bits per heavy atom. The number of ketones is 1. The number of Topliss-reactive ketones (excluding diaryl/α,β-unsaturated/α-hetero) is 1. The molecular weight excluding hydrogens is 398 g/mol. The van der Waals surface area contributed by atoms with Gasteiger partial charge in [-0.15, -0.1) is 0 Å². The Morgan fingerprint density at radius 2 is 1.65 bits per heavy atom. The smallest absolute Gasteiger partial charge is 0.295 e. The predicted molar refractivity (Wildman–Crippen MR) is 114 cm³/mol. The summed E-state index contributed by atoms with van der Waals surface area (Å²) in [5.41, 5.74) is 0.906. The second kappa shape index (κ2) is 8.69. The van der Waals surface area contributed by atoms with Crippen molar-refractivity contribution in [3.63, 3.8) is 0 Å². The molecule has 0 bridgehead atoms. The minimum absolute atomic E-state index is 0.00600. The van der Waals surface area contributed by atoms with Gasteiger partial charge in [-0.25, -0.2) is 0 Å². The van der Waals surface area contributed by atoms with Crippen molar-refractivity contribution in [3.05, 3.63) is 81.4 Å². The Morgan fingerprint density at radius 1 is 1.00 bits per heavy atom. The van der Waals surface area contributed by atoms with E-state index in [0.717, 1.165) is 25.9 Å². The van der Waals surface area contributed by atoms with Crippen molar-refractivity contribution in [2.75, 3.05) is 26.2 Å². The number of carbonyl (C=O) groups is 2. The number of aliphatic hydroxyl groups excluding tert-OH is 1. The summed E-state index contributed by atoms with van der Waals surface area (Å²) in [4.78, 5) is 40.1. The van der Waals surface area contributed by atoms with Crippen LogP contribution in [0.15, 0.2) is 60.2 Å². The Bertz CT molecular complexity index is 1030. The first-order valence-electron chi connectivity index (χ1n) is 10.3. The Balaban J connectivity index is 1.75. The SMILES string of the molecule is O=C1C(=O)N(CCN2CCCC2)C(c2ccc([N+](=O)[O-])cc2)/C1=C(\O)c1ccccc1. The van der Waals surface area contributed by atoms with E-state index in [9.17, 15) is 24.8 Å². The van der Waals surface area contributed by atoms with Gasteiger partial charge in [0.05, 0.1) is 16.5 Å². The van der Waals surface area contributed by atoms with E-state index in [1.807, 2.05) is 0 Å². The molecule has 2 saturated heterocycles. The number of likely N-dealkylation sites (tertiary alicyclic amines) is 2. The van der Waals surface area contributed by atoms with Gasteiger partial charge >= 0.3 is 0 Å². The van der Waals surface area contributed by atoms with Crippen molar-refractivity contribution in [3.8, 4) is 0 Å². The molecule has 2 aliphatic heterocycles. The van der Waals surface area contributed by atoms with Crippen molar-refractivity contribution in [1.29, 1.82) is 0 Å². The fourth-order valence-corrected chi connectivity index (χ4v) is 4.24. The van der Waals surface area contributed by atoms with Crippen molar-refractivity contribution in [2.24, 2.45) is 0 Å². The molecule has 0 spiro atoms. The van der Waals surface area contributed by atoms with Crippen molar-refractivity contribution < 1.29 is 19.6 Å². The van der Waals surface area contributed by atoms with Crippen LogP contribution in [0, 0.1) is 10.1 Å². The third-order valence-corrected chi connectivity index (χ3v) is 5.86. The van der Waals surface area contributed by atoms with Gasteiger partial charge in [-0.2, -0.15) is 0 Å². The average molecular weight is 421 g/mol. The van der Waals surface area contributed by atoms with Crippen molar-refractivity contribution in [1.82, 2.24) is 9.80 Å². The summed E-state index contributed by atoms with van der Waals surface area (Å²) in [5.74, 6) is -1.66. The molecule has 0 radical (unpaired) electrons. The second-order valence-electron chi connectivity index (χ2n) is 7.76. The molecule has 2 fully saturated rings. The van der Waals surface area contributed by atoms with Crippen LogP contribution < -0.4 is 0 Å². The molecule has 8 heteroatoms. The summed E-state index contributed by atoms with van der Waals surface area (Å²) in [7, 11) is 0. The van der Waals surface area contributed by atoms with Crippen molar-refractivity contribution in [2.45, 2.75) is 18.9 Å². The number of aliphatic hydroxyl groups is 1. The van der Waals surface area contributed by atoms with Gasteiger partial charge in [0.15, 0.2) is 0 Å². The van der Waals surface area contributed by atoms with Crippen LogP contribution >= 0.6 is 0 Å². The highest BCUT2D eigenvalue weighted by molar-refractivity contribution is 6.46. The van der Waals surface area contributed by atoms with Gasteiger partial charge in [0.1, 0.15) is 5.76 Å². The highest BCUT2D eigenvalue weighted by Gasteiger charge is 2.46. The fourth-order valence-electron chi connectivity index (χ4n) is 4.24. The number of amides is 1. The van der Waals surface area contributed by atoms with Crippen LogP contribution in [0.5, 0.6) is 0 Å². The molecule has 1 amide bonds. The second-order valence-corrected chi connectivity index (χ2v) is 7.76. The number of nitro groups is 1. The largest absolute Gasteiger partial charge is 0.507 e. The van der Waals surface area contributed by atoms with Gasteiger partial charge in [-0.05, 0) is 43.6 Å². The van der Waals surface area contributed by atoms with Crippen LogP contribution in [0.3, 0.4) is 0 Å². The number of carbonyl (C=O) groups excluding carboxylic acids is 2. The molecule has 160 valence electrons. The summed E-state index contributed by atoms with van der Waals surface area (Å²) in [5, 5.41) is 22.0. The molecule has 4 rings (SSSR count). The van der Waals surface area contributed by atoms with E-state index in [0.29, 0.717) is 24.2 Å². The molecule has 2 aromatic rings. The lowest BCUT2D eigenvalue weighted by atomic mass is 9.95. The molecule has 31 heavy (non-hydrogen) atoms. The molecule has 8 nitrogen and oxygen atoms in total. The summed E-state index contributed by atoms with van der Waals surface area (Å²) in [6, 6.07) is 13.6. The Hall–Kier alpha value is -3.52. The van der Waals surface area contributed by atoms with Crippen LogP contribution in [-0.4, -0.2) is 57.7 Å². The Labute approximate surface area is 179 Å². The van der Waals surface area contributed by atoms with Gasteiger partial charge in [0.2, 0.25) is 0 Å². The third kappa shape index (κ3) is 4.06. The van der Waals surface area contributed by atoms with Crippen LogP contribution in [0.4, 0.5) is 5.69 Å². The van der Waals surface area contributed by atoms with E-state index < -0.39 is 22.7 Å². The fraction of sp³-hybridized carbons (Fsp3) is 0.304. The Kier molecular flexibility index (Phi) is 5.81. The van der Waals surface area contributed by atoms with Crippen LogP contribution in [0.1, 0.15) is 30.0 Å². The third-order valence-electron chi connectivity index (χ3n) is 5.86. The van der Waals surface area contributed by atoms with Gasteiger partial charge in [0, 0.05) is 30.8 Å². The van der Waals surface area contributed by atoms with E-state index in [2.05, 4.69) is 4.90 Å². The van der Waals surface area contributed by atoms with Gasteiger partial charge in [-0.1, -0.05) is 30.3 Å². The topological polar surface area (TPSA) is 104 Å². The lowest BCUT2D eigenvalue weighted by molar-refractivity contribution is -0.384. The number of hydrogen-bond acceptors (Lipinski definition) is 6. The maximum absolute atomic E-state index is 13.0. The highest BCUT2D eigenvalue weighted by atomic mass is 16.6. The minimum atomic E-state index is -0.802. The minimum Gasteiger partial charge on any atom is -0.507 e.